The topological polar surface area (TPSA) is 20.3 Å². The molecule has 7 heteroatoms. The lowest BCUT2D eigenvalue weighted by atomic mass is 9.94. The molecule has 0 unspecified atom stereocenters. The van der Waals surface area contributed by atoms with Crippen LogP contribution in [-0.4, -0.2) is 21.2 Å². The second-order valence-corrected chi connectivity index (χ2v) is 7.60. The molecule has 2 fully saturated rings. The molecule has 0 N–H and O–H groups in total. The molecule has 3 rings (SSSR count). The number of hydrogen-bond acceptors (Lipinski definition) is 3. The van der Waals surface area contributed by atoms with Gasteiger partial charge in [0.2, 0.25) is 0 Å². The third-order valence-corrected chi connectivity index (χ3v) is 5.65. The highest BCUT2D eigenvalue weighted by atomic mass is 32.2. The summed E-state index contributed by atoms with van der Waals surface area (Å²) in [5, 5.41) is 0. The van der Waals surface area contributed by atoms with Gasteiger partial charge in [0.05, 0.1) is 10.5 Å². The van der Waals surface area contributed by atoms with Gasteiger partial charge >= 0.3 is 6.18 Å². The van der Waals surface area contributed by atoms with Gasteiger partial charge in [0, 0.05) is 6.04 Å². The average molecular weight is 371 g/mol. The van der Waals surface area contributed by atoms with Gasteiger partial charge in [-0.1, -0.05) is 61.4 Å². The number of nitrogens with zero attached hydrogens (tertiary/aromatic N) is 1. The van der Waals surface area contributed by atoms with Gasteiger partial charge in [-0.25, -0.2) is 0 Å². The molecule has 1 saturated carbocycles. The first-order valence-corrected chi connectivity index (χ1v) is 9.03. The van der Waals surface area contributed by atoms with Crippen molar-refractivity contribution < 1.29 is 18.0 Å². The second-order valence-electron chi connectivity index (χ2n) is 5.93. The van der Waals surface area contributed by atoms with Crippen LogP contribution in [0.5, 0.6) is 0 Å². The number of thiocarbonyl (C=S) groups is 1. The monoisotopic (exact) mass is 371 g/mol. The molecule has 1 aromatic rings. The minimum atomic E-state index is -4.45. The van der Waals surface area contributed by atoms with Gasteiger partial charge in [-0.15, -0.1) is 0 Å². The van der Waals surface area contributed by atoms with Gasteiger partial charge in [0.25, 0.3) is 5.91 Å². The van der Waals surface area contributed by atoms with E-state index in [1.165, 1.54) is 24.3 Å². The first-order chi connectivity index (χ1) is 11.4. The Morgan fingerprint density at radius 1 is 1.17 bits per heavy atom. The van der Waals surface area contributed by atoms with E-state index >= 15 is 0 Å². The maximum absolute atomic E-state index is 13.1. The zero-order chi connectivity index (χ0) is 17.3. The summed E-state index contributed by atoms with van der Waals surface area (Å²) in [6, 6.07) is 5.34. The van der Waals surface area contributed by atoms with Crippen molar-refractivity contribution in [1.82, 2.24) is 4.90 Å². The van der Waals surface area contributed by atoms with Gasteiger partial charge in [-0.3, -0.25) is 9.69 Å². The Morgan fingerprint density at radius 3 is 2.50 bits per heavy atom. The lowest BCUT2D eigenvalue weighted by molar-refractivity contribution is -0.137. The summed E-state index contributed by atoms with van der Waals surface area (Å²) in [6.07, 6.45) is 1.92. The van der Waals surface area contributed by atoms with Gasteiger partial charge in [0.1, 0.15) is 4.32 Å². The van der Waals surface area contributed by atoms with E-state index in [9.17, 15) is 18.0 Å². The van der Waals surface area contributed by atoms with Crippen LogP contribution in [0.2, 0.25) is 0 Å². The van der Waals surface area contributed by atoms with Crippen LogP contribution < -0.4 is 0 Å². The first-order valence-electron chi connectivity index (χ1n) is 7.81. The van der Waals surface area contributed by atoms with E-state index in [0.29, 0.717) is 4.32 Å². The number of halogens is 3. The molecule has 1 aliphatic heterocycles. The van der Waals surface area contributed by atoms with Gasteiger partial charge in [-0.05, 0) is 30.5 Å². The van der Waals surface area contributed by atoms with Crippen LogP contribution in [0.3, 0.4) is 0 Å². The van der Waals surface area contributed by atoms with Crippen molar-refractivity contribution in [2.45, 2.75) is 44.3 Å². The van der Waals surface area contributed by atoms with Crippen molar-refractivity contribution >= 4 is 40.3 Å². The fourth-order valence-electron chi connectivity index (χ4n) is 3.16. The van der Waals surface area contributed by atoms with Gasteiger partial charge < -0.3 is 0 Å². The molecule has 1 aliphatic carbocycles. The Morgan fingerprint density at radius 2 is 1.83 bits per heavy atom. The maximum Gasteiger partial charge on any atom is 0.416 e. The van der Waals surface area contributed by atoms with Gasteiger partial charge in [-0.2, -0.15) is 13.2 Å². The summed E-state index contributed by atoms with van der Waals surface area (Å²) < 4.78 is 39.8. The van der Waals surface area contributed by atoms with E-state index in [1.807, 2.05) is 0 Å². The molecule has 0 aromatic heterocycles. The van der Waals surface area contributed by atoms with Crippen molar-refractivity contribution in [2.75, 3.05) is 0 Å². The smallest absolute Gasteiger partial charge is 0.290 e. The molecule has 0 spiro atoms. The highest BCUT2D eigenvalue weighted by Crippen LogP contribution is 2.39. The standard InChI is InChI=1S/C17H16F3NOS2/c18-17(19,20)13-9-5-4-6-11(13)10-14-15(22)21(16(23)24-14)12-7-2-1-3-8-12/h4-6,9-10,12H,1-3,7-8H2/b14-10-. The normalized spacial score (nSPS) is 21.8. The molecule has 0 bridgehead atoms. The van der Waals surface area contributed by atoms with Crippen LogP contribution in [-0.2, 0) is 11.0 Å². The van der Waals surface area contributed by atoms with E-state index in [1.54, 1.807) is 4.90 Å². The minimum Gasteiger partial charge on any atom is -0.290 e. The van der Waals surface area contributed by atoms with Crippen molar-refractivity contribution in [1.29, 1.82) is 0 Å². The highest BCUT2D eigenvalue weighted by molar-refractivity contribution is 8.26. The molecule has 1 heterocycles. The molecule has 0 radical (unpaired) electrons. The van der Waals surface area contributed by atoms with Crippen molar-refractivity contribution in [3.05, 3.63) is 40.3 Å². The molecule has 2 nitrogen and oxygen atoms in total. The molecule has 1 amide bonds. The maximum atomic E-state index is 13.1. The van der Waals surface area contributed by atoms with Crippen LogP contribution in [0.4, 0.5) is 13.2 Å². The van der Waals surface area contributed by atoms with Crippen LogP contribution in [0.15, 0.2) is 29.2 Å². The molecular formula is C17H16F3NOS2. The third kappa shape index (κ3) is 3.52. The summed E-state index contributed by atoms with van der Waals surface area (Å²) in [6.45, 7) is 0. The Kier molecular flexibility index (Phi) is 5.01. The predicted octanol–water partition coefficient (Wildman–Crippen LogP) is 5.24. The quantitative estimate of drug-likeness (QED) is 0.524. The van der Waals surface area contributed by atoms with E-state index in [0.717, 1.165) is 49.9 Å². The van der Waals surface area contributed by atoms with E-state index in [-0.39, 0.29) is 22.4 Å². The molecule has 1 aromatic carbocycles. The average Bonchev–Trinajstić information content (AvgIpc) is 2.82. The van der Waals surface area contributed by atoms with Crippen molar-refractivity contribution in [3.63, 3.8) is 0 Å². The molecule has 1 saturated heterocycles. The number of alkyl halides is 3. The Bertz CT molecular complexity index is 693. The largest absolute Gasteiger partial charge is 0.416 e. The van der Waals surface area contributed by atoms with Crippen molar-refractivity contribution in [2.24, 2.45) is 0 Å². The Balaban J connectivity index is 1.90. The SMILES string of the molecule is O=C1/C(=C/c2ccccc2C(F)(F)F)SC(=S)N1C1CCCCC1. The fourth-order valence-corrected chi connectivity index (χ4v) is 4.55. The second kappa shape index (κ2) is 6.88. The van der Waals surface area contributed by atoms with Crippen molar-refractivity contribution in [3.8, 4) is 0 Å². The Hall–Kier alpha value is -1.34. The predicted molar refractivity (Wildman–Crippen MR) is 93.3 cm³/mol. The number of carbonyl (C=O) groups is 1. The number of thioether (sulfide) groups is 1. The summed E-state index contributed by atoms with van der Waals surface area (Å²) in [5.41, 5.74) is -0.748. The highest BCUT2D eigenvalue weighted by Gasteiger charge is 2.38. The lowest BCUT2D eigenvalue weighted by Gasteiger charge is -2.29. The number of carbonyl (C=O) groups excluding carboxylic acids is 1. The van der Waals surface area contributed by atoms with E-state index < -0.39 is 11.7 Å². The summed E-state index contributed by atoms with van der Waals surface area (Å²) in [5.74, 6) is -0.270. The molecule has 0 atom stereocenters. The molecule has 2 aliphatic rings. The summed E-state index contributed by atoms with van der Waals surface area (Å²) in [4.78, 5) is 14.5. The minimum absolute atomic E-state index is 0.00542. The first kappa shape index (κ1) is 17.5. The van der Waals surface area contributed by atoms with Crippen LogP contribution >= 0.6 is 24.0 Å². The summed E-state index contributed by atoms with van der Waals surface area (Å²) in [7, 11) is 0. The number of amides is 1. The Labute approximate surface area is 148 Å². The van der Waals surface area contributed by atoms with Crippen LogP contribution in [0, 0.1) is 0 Å². The third-order valence-electron chi connectivity index (χ3n) is 4.32. The molecular weight excluding hydrogens is 355 g/mol. The molecule has 128 valence electrons. The van der Waals surface area contributed by atoms with Crippen LogP contribution in [0.25, 0.3) is 6.08 Å². The zero-order valence-corrected chi connectivity index (χ0v) is 14.4. The lowest BCUT2D eigenvalue weighted by Crippen LogP contribution is -2.39. The van der Waals surface area contributed by atoms with E-state index in [4.69, 9.17) is 12.2 Å². The number of hydrogen-bond donors (Lipinski definition) is 0. The van der Waals surface area contributed by atoms with Crippen LogP contribution in [0.1, 0.15) is 43.2 Å². The zero-order valence-electron chi connectivity index (χ0n) is 12.8. The van der Waals surface area contributed by atoms with E-state index in [2.05, 4.69) is 0 Å². The fraction of sp³-hybridized carbons (Fsp3) is 0.412. The molecule has 24 heavy (non-hydrogen) atoms. The van der Waals surface area contributed by atoms with Gasteiger partial charge in [0.15, 0.2) is 0 Å². The summed E-state index contributed by atoms with van der Waals surface area (Å²) >= 11 is 6.39. The number of benzene rings is 1. The number of rotatable bonds is 2.